The minimum absolute atomic E-state index is 0.0429. The molecule has 2 atom stereocenters. The van der Waals surface area contributed by atoms with Crippen LogP contribution in [0.2, 0.25) is 0 Å². The van der Waals surface area contributed by atoms with Crippen LogP contribution in [0.25, 0.3) is 82.5 Å². The molecule has 2 unspecified atom stereocenters. The average molecular weight is 791 g/mol. The van der Waals surface area contributed by atoms with Crippen molar-refractivity contribution in [3.05, 3.63) is 211 Å². The molecular weight excluding hydrogens is 757 g/mol. The van der Waals surface area contributed by atoms with Gasteiger partial charge in [0.2, 0.25) is 0 Å². The highest BCUT2D eigenvalue weighted by Crippen LogP contribution is 2.55. The summed E-state index contributed by atoms with van der Waals surface area (Å²) in [6.45, 7) is 0. The monoisotopic (exact) mass is 790 g/mol. The molecule has 3 aromatic heterocycles. The molecule has 2 aliphatic rings. The fourth-order valence-corrected chi connectivity index (χ4v) is 10.8. The van der Waals surface area contributed by atoms with E-state index in [1.54, 1.807) is 0 Å². The second-order valence-electron chi connectivity index (χ2n) is 16.2. The summed E-state index contributed by atoms with van der Waals surface area (Å²) in [5.74, 6) is 0.0429. The van der Waals surface area contributed by atoms with Gasteiger partial charge in [0.1, 0.15) is 23.3 Å². The van der Waals surface area contributed by atoms with Crippen LogP contribution in [0, 0.1) is 22.7 Å². The number of para-hydroxylation sites is 7. The number of nitriles is 2. The summed E-state index contributed by atoms with van der Waals surface area (Å²) in [4.78, 5) is 2.43. The predicted octanol–water partition coefficient (Wildman–Crippen LogP) is 13.5. The maximum atomic E-state index is 12.1. The number of fused-ring (bicyclic) bond motifs is 12. The van der Waals surface area contributed by atoms with Crippen molar-refractivity contribution in [2.45, 2.75) is 12.0 Å². The van der Waals surface area contributed by atoms with Gasteiger partial charge in [-0.1, -0.05) is 152 Å². The number of anilines is 2. The van der Waals surface area contributed by atoms with Gasteiger partial charge in [-0.15, -0.1) is 0 Å². The van der Waals surface area contributed by atoms with Crippen LogP contribution < -0.4 is 4.90 Å². The molecule has 0 fully saturated rings. The molecule has 288 valence electrons. The van der Waals surface area contributed by atoms with Crippen molar-refractivity contribution >= 4 is 76.8 Å². The van der Waals surface area contributed by atoms with Crippen LogP contribution in [-0.4, -0.2) is 19.7 Å². The molecule has 0 saturated heterocycles. The van der Waals surface area contributed by atoms with Gasteiger partial charge < -0.3 is 18.6 Å². The first-order chi connectivity index (χ1) is 30.8. The smallest absolute Gasteiger partial charge is 0.104 e. The van der Waals surface area contributed by atoms with Crippen LogP contribution >= 0.6 is 0 Å². The van der Waals surface area contributed by atoms with E-state index in [1.165, 1.54) is 5.56 Å². The number of allylic oxidation sites excluding steroid dienone is 2. The molecule has 1 aliphatic carbocycles. The van der Waals surface area contributed by atoms with E-state index >= 15 is 0 Å². The van der Waals surface area contributed by atoms with Crippen molar-refractivity contribution in [3.63, 3.8) is 0 Å². The van der Waals surface area contributed by atoms with E-state index in [9.17, 15) is 10.5 Å². The zero-order valence-corrected chi connectivity index (χ0v) is 33.3. The predicted molar refractivity (Wildman–Crippen MR) is 252 cm³/mol. The van der Waals surface area contributed by atoms with Crippen LogP contribution in [-0.2, 0) is 0 Å². The molecule has 13 rings (SSSR count). The summed E-state index contributed by atoms with van der Waals surface area (Å²) < 4.78 is 6.77. The molecule has 1 aliphatic heterocycles. The minimum atomic E-state index is -0.145. The van der Waals surface area contributed by atoms with Gasteiger partial charge in [0, 0.05) is 43.9 Å². The second-order valence-corrected chi connectivity index (χ2v) is 16.2. The molecule has 0 bridgehead atoms. The lowest BCUT2D eigenvalue weighted by molar-refractivity contribution is 0.741. The molecule has 4 heterocycles. The lowest BCUT2D eigenvalue weighted by atomic mass is 9.91. The average Bonchev–Trinajstić information content (AvgIpc) is 4.06. The Hall–Kier alpha value is -8.58. The lowest BCUT2D eigenvalue weighted by Crippen LogP contribution is -2.31. The van der Waals surface area contributed by atoms with Gasteiger partial charge in [-0.25, -0.2) is 0 Å². The number of benzene rings is 8. The third-order valence-corrected chi connectivity index (χ3v) is 13.2. The highest BCUT2D eigenvalue weighted by atomic mass is 15.2. The Morgan fingerprint density at radius 1 is 0.355 bits per heavy atom. The van der Waals surface area contributed by atoms with Gasteiger partial charge in [0.15, 0.2) is 0 Å². The summed E-state index contributed by atoms with van der Waals surface area (Å²) in [6, 6.07) is 64.7. The van der Waals surface area contributed by atoms with Gasteiger partial charge in [0.05, 0.1) is 61.9 Å². The molecule has 0 N–H and O–H groups in total. The number of aromatic nitrogens is 3. The van der Waals surface area contributed by atoms with Crippen LogP contribution in [0.4, 0.5) is 11.4 Å². The third-order valence-electron chi connectivity index (χ3n) is 13.2. The van der Waals surface area contributed by atoms with Crippen molar-refractivity contribution in [3.8, 4) is 29.2 Å². The summed E-state index contributed by atoms with van der Waals surface area (Å²) in [6.07, 6.45) is 8.82. The molecule has 8 aromatic carbocycles. The fourth-order valence-electron chi connectivity index (χ4n) is 10.8. The third kappa shape index (κ3) is 4.45. The standard InChI is InChI=1S/C56H34N6/c57-33-43-53(59-45-25-9-1-17-35(45)36-18-2-10-26-46(36)59)44(34-58)55(61-49-29-13-5-21-39(49)40-22-6-14-30-50(40)61)56(62-51-31-15-7-23-41(51)42-24-8-16-32-52(42)62)54(43)60-47-27-11-3-19-37(47)38-20-4-12-28-48(38)60/h1-32,41,51H. The number of hydrogen-bond acceptors (Lipinski definition) is 3. The van der Waals surface area contributed by atoms with Gasteiger partial charge in [0.25, 0.3) is 0 Å². The summed E-state index contributed by atoms with van der Waals surface area (Å²) in [5.41, 5.74) is 11.6. The number of nitrogens with zero attached hydrogens (tertiary/aromatic N) is 6. The summed E-state index contributed by atoms with van der Waals surface area (Å²) in [5, 5.41) is 30.7. The zero-order chi connectivity index (χ0) is 41.1. The number of rotatable bonds is 4. The molecule has 0 spiro atoms. The van der Waals surface area contributed by atoms with E-state index < -0.39 is 0 Å². The van der Waals surface area contributed by atoms with Gasteiger partial charge in [-0.05, 0) is 48.0 Å². The second kappa shape index (κ2) is 13.0. The Balaban J connectivity index is 1.35. The van der Waals surface area contributed by atoms with E-state index in [1.807, 2.05) is 12.1 Å². The maximum Gasteiger partial charge on any atom is 0.104 e. The van der Waals surface area contributed by atoms with Gasteiger partial charge in [-0.3, -0.25) is 0 Å². The quantitative estimate of drug-likeness (QED) is 0.178. The Labute approximate surface area is 356 Å². The SMILES string of the molecule is N#Cc1c(-n2c3ccccc3c3ccccc32)c(C#N)c(-n2c3ccccc3c3ccccc32)c(N2c3ccccc3C3C=CC=CC32)c1-n1c2ccccc2c2ccccc21. The van der Waals surface area contributed by atoms with Crippen LogP contribution in [0.3, 0.4) is 0 Å². The van der Waals surface area contributed by atoms with Crippen LogP contribution in [0.15, 0.2) is 194 Å². The minimum Gasteiger partial charge on any atom is -0.330 e. The first-order valence-corrected chi connectivity index (χ1v) is 21.0. The van der Waals surface area contributed by atoms with Gasteiger partial charge >= 0.3 is 0 Å². The molecule has 6 nitrogen and oxygen atoms in total. The molecule has 0 saturated carbocycles. The summed E-state index contributed by atoms with van der Waals surface area (Å²) in [7, 11) is 0. The van der Waals surface area contributed by atoms with Crippen LogP contribution in [0.5, 0.6) is 0 Å². The highest BCUT2D eigenvalue weighted by molar-refractivity contribution is 6.15. The lowest BCUT2D eigenvalue weighted by Gasteiger charge is -2.35. The Morgan fingerprint density at radius 3 is 1.10 bits per heavy atom. The topological polar surface area (TPSA) is 65.6 Å². The largest absolute Gasteiger partial charge is 0.330 e. The zero-order valence-electron chi connectivity index (χ0n) is 33.3. The Morgan fingerprint density at radius 2 is 0.694 bits per heavy atom. The van der Waals surface area contributed by atoms with E-state index in [0.717, 1.165) is 88.2 Å². The molecule has 11 aromatic rings. The molecule has 0 amide bonds. The van der Waals surface area contributed by atoms with E-state index in [0.29, 0.717) is 16.8 Å². The number of hydrogen-bond donors (Lipinski definition) is 0. The Kier molecular flexibility index (Phi) is 7.17. The van der Waals surface area contributed by atoms with Crippen molar-refractivity contribution in [1.82, 2.24) is 13.7 Å². The van der Waals surface area contributed by atoms with Crippen molar-refractivity contribution in [2.75, 3.05) is 4.90 Å². The van der Waals surface area contributed by atoms with E-state index in [-0.39, 0.29) is 12.0 Å². The first-order valence-electron chi connectivity index (χ1n) is 21.0. The van der Waals surface area contributed by atoms with Crippen molar-refractivity contribution in [2.24, 2.45) is 0 Å². The molecule has 62 heavy (non-hydrogen) atoms. The van der Waals surface area contributed by atoms with Gasteiger partial charge in [-0.2, -0.15) is 10.5 Å². The van der Waals surface area contributed by atoms with Crippen LogP contribution in [0.1, 0.15) is 22.6 Å². The molecule has 6 heteroatoms. The Bertz CT molecular complexity index is 3560. The summed E-state index contributed by atoms with van der Waals surface area (Å²) >= 11 is 0. The first kappa shape index (κ1) is 34.3. The van der Waals surface area contributed by atoms with E-state index in [4.69, 9.17) is 0 Å². The molecular formula is C56H34N6. The molecule has 0 radical (unpaired) electrons. The normalized spacial score (nSPS) is 15.5. The fraction of sp³-hybridized carbons (Fsp3) is 0.0357. The van der Waals surface area contributed by atoms with Crippen molar-refractivity contribution in [1.29, 1.82) is 10.5 Å². The maximum absolute atomic E-state index is 12.1. The highest BCUT2D eigenvalue weighted by Gasteiger charge is 2.43. The van der Waals surface area contributed by atoms with E-state index in [2.05, 4.69) is 213 Å². The van der Waals surface area contributed by atoms with Crippen molar-refractivity contribution < 1.29 is 0 Å².